The smallest absolute Gasteiger partial charge is 0.261 e. The highest BCUT2D eigenvalue weighted by Gasteiger charge is 2.17. The molecule has 0 spiro atoms. The van der Waals surface area contributed by atoms with Crippen molar-refractivity contribution in [3.8, 4) is 0 Å². The predicted octanol–water partition coefficient (Wildman–Crippen LogP) is 1.90. The highest BCUT2D eigenvalue weighted by atomic mass is 79.9. The lowest BCUT2D eigenvalue weighted by atomic mass is 10.3. The zero-order valence-corrected chi connectivity index (χ0v) is 13.7. The summed E-state index contributed by atoms with van der Waals surface area (Å²) in [7, 11) is -7.87. The topological polar surface area (TPSA) is 106 Å². The van der Waals surface area contributed by atoms with Gasteiger partial charge in [0.25, 0.3) is 10.0 Å². The minimum atomic E-state index is -3.96. The summed E-state index contributed by atoms with van der Waals surface area (Å²) in [5, 5.41) is 4.99. The molecule has 0 aromatic heterocycles. The minimum absolute atomic E-state index is 0.186. The summed E-state index contributed by atoms with van der Waals surface area (Å²) in [4.78, 5) is -0.450. The van der Waals surface area contributed by atoms with E-state index in [1.165, 1.54) is 18.2 Å². The van der Waals surface area contributed by atoms with Crippen LogP contribution in [0.15, 0.2) is 62.8 Å². The molecule has 21 heavy (non-hydrogen) atoms. The highest BCUT2D eigenvalue weighted by Crippen LogP contribution is 2.21. The number of nitrogens with one attached hydrogen (secondary N) is 1. The Morgan fingerprint density at radius 3 is 2.14 bits per heavy atom. The Labute approximate surface area is 131 Å². The van der Waals surface area contributed by atoms with Crippen LogP contribution < -0.4 is 9.86 Å². The second kappa shape index (κ2) is 5.76. The zero-order chi connectivity index (χ0) is 15.7. The van der Waals surface area contributed by atoms with Crippen LogP contribution in [0.2, 0.25) is 0 Å². The second-order valence-electron chi connectivity index (χ2n) is 4.14. The van der Waals surface area contributed by atoms with Gasteiger partial charge in [0.2, 0.25) is 10.0 Å². The maximum atomic E-state index is 12.2. The molecule has 0 fully saturated rings. The van der Waals surface area contributed by atoms with Crippen molar-refractivity contribution in [1.82, 2.24) is 0 Å². The van der Waals surface area contributed by atoms with Crippen molar-refractivity contribution in [2.75, 3.05) is 4.72 Å². The van der Waals surface area contributed by atoms with Crippen LogP contribution in [-0.2, 0) is 20.0 Å². The number of anilines is 1. The van der Waals surface area contributed by atoms with E-state index < -0.39 is 20.0 Å². The molecule has 0 unspecified atom stereocenters. The molecule has 0 amide bonds. The van der Waals surface area contributed by atoms with Crippen LogP contribution in [-0.4, -0.2) is 16.8 Å². The number of nitrogens with two attached hydrogens (primary N) is 1. The lowest BCUT2D eigenvalue weighted by molar-refractivity contribution is 0.597. The van der Waals surface area contributed by atoms with Crippen LogP contribution in [0.3, 0.4) is 0 Å². The van der Waals surface area contributed by atoms with E-state index in [4.69, 9.17) is 5.14 Å². The summed E-state index contributed by atoms with van der Waals surface area (Å²) in [5.41, 5.74) is 0.352. The Hall–Kier alpha value is -1.42. The standard InChI is InChI=1S/C12H11BrN2O4S2/c13-9-3-1-4-10(7-9)15-21(18,19)12-6-2-5-11(8-12)20(14,16)17/h1-8,15H,(H2,14,16,17). The van der Waals surface area contributed by atoms with Crippen molar-refractivity contribution >= 4 is 41.7 Å². The van der Waals surface area contributed by atoms with Crippen LogP contribution in [0.5, 0.6) is 0 Å². The molecule has 0 aliphatic rings. The first-order valence-corrected chi connectivity index (χ1v) is 9.42. The van der Waals surface area contributed by atoms with Gasteiger partial charge >= 0.3 is 0 Å². The van der Waals surface area contributed by atoms with Crippen LogP contribution in [0, 0.1) is 0 Å². The molecule has 0 radical (unpaired) electrons. The van der Waals surface area contributed by atoms with Crippen molar-refractivity contribution in [3.05, 3.63) is 53.0 Å². The Bertz CT molecular complexity index is 880. The van der Waals surface area contributed by atoms with E-state index in [0.717, 1.165) is 6.07 Å². The van der Waals surface area contributed by atoms with Crippen LogP contribution in [0.25, 0.3) is 0 Å². The Morgan fingerprint density at radius 2 is 1.52 bits per heavy atom. The molecule has 0 saturated carbocycles. The highest BCUT2D eigenvalue weighted by molar-refractivity contribution is 9.10. The van der Waals surface area contributed by atoms with Crippen molar-refractivity contribution < 1.29 is 16.8 Å². The molecule has 0 saturated heterocycles. The Kier molecular flexibility index (Phi) is 4.38. The number of primary sulfonamides is 1. The Morgan fingerprint density at radius 1 is 0.905 bits per heavy atom. The van der Waals surface area contributed by atoms with Gasteiger partial charge in [-0.05, 0) is 36.4 Å². The SMILES string of the molecule is NS(=O)(=O)c1cccc(S(=O)(=O)Nc2cccc(Br)c2)c1. The number of hydrogen-bond donors (Lipinski definition) is 2. The van der Waals surface area contributed by atoms with E-state index in [-0.39, 0.29) is 9.79 Å². The lowest BCUT2D eigenvalue weighted by Gasteiger charge is -2.09. The van der Waals surface area contributed by atoms with Crippen LogP contribution >= 0.6 is 15.9 Å². The minimum Gasteiger partial charge on any atom is -0.280 e. The van der Waals surface area contributed by atoms with Crippen molar-refractivity contribution in [2.24, 2.45) is 5.14 Å². The summed E-state index contributed by atoms with van der Waals surface area (Å²) >= 11 is 3.23. The number of hydrogen-bond acceptors (Lipinski definition) is 4. The molecule has 3 N–H and O–H groups in total. The van der Waals surface area contributed by atoms with Crippen molar-refractivity contribution in [2.45, 2.75) is 9.79 Å². The van der Waals surface area contributed by atoms with E-state index in [1.807, 2.05) is 0 Å². The summed E-state index contributed by atoms with van der Waals surface area (Å²) in [6.07, 6.45) is 0. The second-order valence-corrected chi connectivity index (χ2v) is 8.30. The van der Waals surface area contributed by atoms with Crippen LogP contribution in [0.1, 0.15) is 0 Å². The van der Waals surface area contributed by atoms with Crippen molar-refractivity contribution in [3.63, 3.8) is 0 Å². The van der Waals surface area contributed by atoms with E-state index in [0.29, 0.717) is 10.2 Å². The maximum absolute atomic E-state index is 12.2. The fourth-order valence-corrected chi connectivity index (χ4v) is 3.71. The van der Waals surface area contributed by atoms with Crippen LogP contribution in [0.4, 0.5) is 5.69 Å². The zero-order valence-electron chi connectivity index (χ0n) is 10.5. The number of halogens is 1. The third-order valence-electron chi connectivity index (χ3n) is 2.52. The van der Waals surface area contributed by atoms with E-state index in [1.54, 1.807) is 24.3 Å². The fraction of sp³-hybridized carbons (Fsp3) is 0. The van der Waals surface area contributed by atoms with Gasteiger partial charge in [-0.3, -0.25) is 4.72 Å². The van der Waals surface area contributed by atoms with Gasteiger partial charge in [-0.25, -0.2) is 22.0 Å². The molecule has 0 aliphatic heterocycles. The molecule has 9 heteroatoms. The molecule has 2 aromatic rings. The van der Waals surface area contributed by atoms with Gasteiger partial charge in [-0.15, -0.1) is 0 Å². The lowest BCUT2D eigenvalue weighted by Crippen LogP contribution is -2.16. The molecule has 0 aliphatic carbocycles. The van der Waals surface area contributed by atoms with Gasteiger partial charge in [0, 0.05) is 10.2 Å². The summed E-state index contributed by atoms with van der Waals surface area (Å²) in [5.74, 6) is 0. The molecule has 0 bridgehead atoms. The molecular weight excluding hydrogens is 380 g/mol. The van der Waals surface area contributed by atoms with Gasteiger partial charge in [-0.2, -0.15) is 0 Å². The first-order chi connectivity index (χ1) is 9.68. The van der Waals surface area contributed by atoms with E-state index in [2.05, 4.69) is 20.7 Å². The van der Waals surface area contributed by atoms with E-state index in [9.17, 15) is 16.8 Å². The molecular formula is C12H11BrN2O4S2. The molecule has 0 heterocycles. The quantitative estimate of drug-likeness (QED) is 0.830. The molecule has 2 rings (SSSR count). The predicted molar refractivity (Wildman–Crippen MR) is 82.8 cm³/mol. The first kappa shape index (κ1) is 16.0. The molecule has 2 aromatic carbocycles. The van der Waals surface area contributed by atoms with Gasteiger partial charge in [0.05, 0.1) is 9.79 Å². The first-order valence-electron chi connectivity index (χ1n) is 5.60. The van der Waals surface area contributed by atoms with Gasteiger partial charge < -0.3 is 0 Å². The third kappa shape index (κ3) is 4.03. The molecule has 6 nitrogen and oxygen atoms in total. The average Bonchev–Trinajstić information content (AvgIpc) is 2.37. The Balaban J connectivity index is 2.41. The van der Waals surface area contributed by atoms with E-state index >= 15 is 0 Å². The largest absolute Gasteiger partial charge is 0.280 e. The summed E-state index contributed by atoms with van der Waals surface area (Å²) in [6.45, 7) is 0. The number of sulfonamides is 2. The monoisotopic (exact) mass is 390 g/mol. The van der Waals surface area contributed by atoms with Gasteiger partial charge in [0.15, 0.2) is 0 Å². The maximum Gasteiger partial charge on any atom is 0.261 e. The third-order valence-corrected chi connectivity index (χ3v) is 5.30. The average molecular weight is 391 g/mol. The van der Waals surface area contributed by atoms with Gasteiger partial charge in [0.1, 0.15) is 0 Å². The molecule has 0 atom stereocenters. The normalized spacial score (nSPS) is 12.1. The van der Waals surface area contributed by atoms with Gasteiger partial charge in [-0.1, -0.05) is 28.1 Å². The number of benzene rings is 2. The fourth-order valence-electron chi connectivity index (χ4n) is 1.58. The molecule has 112 valence electrons. The number of rotatable bonds is 4. The summed E-state index contributed by atoms with van der Waals surface area (Å²) in [6, 6.07) is 11.4. The van der Waals surface area contributed by atoms with Crippen molar-refractivity contribution in [1.29, 1.82) is 0 Å². The summed E-state index contributed by atoms with van der Waals surface area (Å²) < 4.78 is 50.1.